The molecule has 1 aliphatic rings. The first-order chi connectivity index (χ1) is 10.1. The van der Waals surface area contributed by atoms with Crippen molar-refractivity contribution in [3.05, 3.63) is 16.1 Å². The van der Waals surface area contributed by atoms with Crippen molar-refractivity contribution in [3.8, 4) is 0 Å². The normalized spacial score (nSPS) is 21.2. The molecule has 7 heteroatoms. The lowest BCUT2D eigenvalue weighted by Crippen LogP contribution is -2.38. The highest BCUT2D eigenvalue weighted by Gasteiger charge is 2.30. The van der Waals surface area contributed by atoms with E-state index >= 15 is 0 Å². The van der Waals surface area contributed by atoms with Crippen LogP contribution >= 0.6 is 11.3 Å². The Morgan fingerprint density at radius 1 is 1.57 bits per heavy atom. The Balaban J connectivity index is 1.76. The lowest BCUT2D eigenvalue weighted by molar-refractivity contribution is -0.131. The van der Waals surface area contributed by atoms with E-state index in [-0.39, 0.29) is 17.9 Å². The first kappa shape index (κ1) is 15.9. The van der Waals surface area contributed by atoms with E-state index in [4.69, 9.17) is 9.47 Å². The zero-order chi connectivity index (χ0) is 15.2. The number of ether oxygens (including phenoxy) is 2. The first-order valence-corrected chi connectivity index (χ1v) is 8.00. The van der Waals surface area contributed by atoms with Crippen LogP contribution in [-0.4, -0.2) is 42.7 Å². The minimum Gasteiger partial charge on any atom is -0.461 e. The van der Waals surface area contributed by atoms with Crippen LogP contribution in [0.15, 0.2) is 5.38 Å². The summed E-state index contributed by atoms with van der Waals surface area (Å²) in [6.07, 6.45) is 1.18. The van der Waals surface area contributed by atoms with Crippen LogP contribution in [0.5, 0.6) is 0 Å². The van der Waals surface area contributed by atoms with Crippen molar-refractivity contribution in [1.82, 2.24) is 10.3 Å². The Bertz CT molecular complexity index is 503. The Morgan fingerprint density at radius 2 is 2.38 bits per heavy atom. The summed E-state index contributed by atoms with van der Waals surface area (Å²) in [6.45, 7) is 5.24. The van der Waals surface area contributed by atoms with Gasteiger partial charge < -0.3 is 14.8 Å². The van der Waals surface area contributed by atoms with E-state index < -0.39 is 5.97 Å². The molecule has 1 N–H and O–H groups in total. The molecule has 6 nitrogen and oxygen atoms in total. The summed E-state index contributed by atoms with van der Waals surface area (Å²) in [7, 11) is 0. The van der Waals surface area contributed by atoms with Gasteiger partial charge in [-0.05, 0) is 19.3 Å². The van der Waals surface area contributed by atoms with Gasteiger partial charge in [-0.1, -0.05) is 6.92 Å². The van der Waals surface area contributed by atoms with Gasteiger partial charge in [0.1, 0.15) is 6.10 Å². The Kier molecular flexibility index (Phi) is 5.69. The third-order valence-corrected chi connectivity index (χ3v) is 4.23. The smallest absolute Gasteiger partial charge is 0.357 e. The van der Waals surface area contributed by atoms with Crippen LogP contribution in [0.4, 0.5) is 0 Å². The van der Waals surface area contributed by atoms with E-state index in [1.807, 2.05) is 6.92 Å². The number of aromatic nitrogens is 1. The van der Waals surface area contributed by atoms with Crippen LogP contribution in [0.1, 0.15) is 35.8 Å². The van der Waals surface area contributed by atoms with Crippen LogP contribution in [0.25, 0.3) is 0 Å². The lowest BCUT2D eigenvalue weighted by Gasteiger charge is -2.13. The van der Waals surface area contributed by atoms with Gasteiger partial charge in [0, 0.05) is 25.0 Å². The summed E-state index contributed by atoms with van der Waals surface area (Å²) in [6, 6.07) is 0. The molecule has 1 amide bonds. The monoisotopic (exact) mass is 312 g/mol. The molecule has 1 aromatic heterocycles. The molecule has 0 spiro atoms. The molecule has 21 heavy (non-hydrogen) atoms. The third-order valence-electron chi connectivity index (χ3n) is 3.32. The number of nitrogens with one attached hydrogen (secondary N) is 1. The summed E-state index contributed by atoms with van der Waals surface area (Å²) < 4.78 is 10.3. The van der Waals surface area contributed by atoms with Crippen molar-refractivity contribution in [2.45, 2.75) is 32.8 Å². The fourth-order valence-corrected chi connectivity index (χ4v) is 2.92. The van der Waals surface area contributed by atoms with Gasteiger partial charge in [-0.2, -0.15) is 0 Å². The summed E-state index contributed by atoms with van der Waals surface area (Å²) in [5.41, 5.74) is 0.330. The van der Waals surface area contributed by atoms with Gasteiger partial charge in [-0.25, -0.2) is 9.78 Å². The van der Waals surface area contributed by atoms with Crippen molar-refractivity contribution in [2.24, 2.45) is 5.92 Å². The van der Waals surface area contributed by atoms with E-state index in [9.17, 15) is 9.59 Å². The molecule has 116 valence electrons. The maximum Gasteiger partial charge on any atom is 0.357 e. The molecule has 2 heterocycles. The third kappa shape index (κ3) is 4.25. The van der Waals surface area contributed by atoms with Gasteiger partial charge in [0.2, 0.25) is 5.91 Å². The van der Waals surface area contributed by atoms with E-state index in [1.165, 1.54) is 11.3 Å². The standard InChI is InChI=1S/C14H20N2O4S/c1-3-19-14(18)10-8-21-11(16-10)4-6-15-13(17)12-9(2)5-7-20-12/h8-9,12H,3-7H2,1-2H3,(H,15,17)/t9-,12+/m1/s1. The van der Waals surface area contributed by atoms with Gasteiger partial charge in [-0.15, -0.1) is 11.3 Å². The average Bonchev–Trinajstić information content (AvgIpc) is 3.08. The zero-order valence-corrected chi connectivity index (χ0v) is 13.1. The van der Waals surface area contributed by atoms with Crippen LogP contribution in [0.2, 0.25) is 0 Å². The lowest BCUT2D eigenvalue weighted by atomic mass is 10.0. The molecule has 0 saturated carbocycles. The van der Waals surface area contributed by atoms with Crippen molar-refractivity contribution < 1.29 is 19.1 Å². The van der Waals surface area contributed by atoms with Crippen LogP contribution in [0, 0.1) is 5.92 Å². The first-order valence-electron chi connectivity index (χ1n) is 7.12. The number of amides is 1. The largest absolute Gasteiger partial charge is 0.461 e. The second-order valence-electron chi connectivity index (χ2n) is 4.95. The SMILES string of the molecule is CCOC(=O)c1csc(CCNC(=O)[C@H]2OCC[C@H]2C)n1. The second-order valence-corrected chi connectivity index (χ2v) is 5.89. The Morgan fingerprint density at radius 3 is 3.05 bits per heavy atom. The van der Waals surface area contributed by atoms with Gasteiger partial charge in [0.25, 0.3) is 0 Å². The molecule has 0 aromatic carbocycles. The minimum absolute atomic E-state index is 0.0674. The number of nitrogens with zero attached hydrogens (tertiary/aromatic N) is 1. The molecule has 0 bridgehead atoms. The van der Waals surface area contributed by atoms with E-state index in [0.29, 0.717) is 31.9 Å². The van der Waals surface area contributed by atoms with Gasteiger partial charge >= 0.3 is 5.97 Å². The molecule has 1 aliphatic heterocycles. The van der Waals surface area contributed by atoms with Crippen molar-refractivity contribution in [3.63, 3.8) is 0 Å². The maximum atomic E-state index is 11.9. The molecule has 0 aliphatic carbocycles. The number of carbonyl (C=O) groups is 2. The Labute approximate surface area is 127 Å². The summed E-state index contributed by atoms with van der Waals surface area (Å²) in [4.78, 5) is 27.6. The predicted molar refractivity (Wildman–Crippen MR) is 78.3 cm³/mol. The van der Waals surface area contributed by atoms with Gasteiger partial charge in [0.15, 0.2) is 5.69 Å². The quantitative estimate of drug-likeness (QED) is 0.804. The summed E-state index contributed by atoms with van der Waals surface area (Å²) in [5.74, 6) is -0.209. The number of hydrogen-bond donors (Lipinski definition) is 1. The second kappa shape index (κ2) is 7.51. The number of rotatable bonds is 6. The highest BCUT2D eigenvalue weighted by Crippen LogP contribution is 2.20. The molecular formula is C14H20N2O4S. The number of esters is 1. The summed E-state index contributed by atoms with van der Waals surface area (Å²) in [5, 5.41) is 5.34. The fraction of sp³-hybridized carbons (Fsp3) is 0.643. The maximum absolute atomic E-state index is 11.9. The van der Waals surface area contributed by atoms with E-state index in [2.05, 4.69) is 10.3 Å². The number of thiazole rings is 1. The number of hydrogen-bond acceptors (Lipinski definition) is 6. The van der Waals surface area contributed by atoms with Crippen molar-refractivity contribution in [2.75, 3.05) is 19.8 Å². The van der Waals surface area contributed by atoms with Gasteiger partial charge in [-0.3, -0.25) is 4.79 Å². The zero-order valence-electron chi connectivity index (χ0n) is 12.3. The molecule has 2 rings (SSSR count). The minimum atomic E-state index is -0.405. The molecule has 0 unspecified atom stereocenters. The van der Waals surface area contributed by atoms with Crippen LogP contribution in [0.3, 0.4) is 0 Å². The highest BCUT2D eigenvalue weighted by atomic mass is 32.1. The average molecular weight is 312 g/mol. The molecular weight excluding hydrogens is 292 g/mol. The molecule has 2 atom stereocenters. The molecule has 1 saturated heterocycles. The fourth-order valence-electron chi connectivity index (χ4n) is 2.15. The predicted octanol–water partition coefficient (Wildman–Crippen LogP) is 1.40. The topological polar surface area (TPSA) is 77.5 Å². The molecule has 0 radical (unpaired) electrons. The molecule has 1 aromatic rings. The van der Waals surface area contributed by atoms with E-state index in [1.54, 1.807) is 12.3 Å². The number of carbonyl (C=O) groups excluding carboxylic acids is 2. The van der Waals surface area contributed by atoms with Gasteiger partial charge in [0.05, 0.1) is 11.6 Å². The van der Waals surface area contributed by atoms with E-state index in [0.717, 1.165) is 11.4 Å². The summed E-state index contributed by atoms with van der Waals surface area (Å²) >= 11 is 1.39. The Hall–Kier alpha value is -1.47. The van der Waals surface area contributed by atoms with Crippen molar-refractivity contribution in [1.29, 1.82) is 0 Å². The van der Waals surface area contributed by atoms with Crippen molar-refractivity contribution >= 4 is 23.2 Å². The highest BCUT2D eigenvalue weighted by molar-refractivity contribution is 7.09. The molecule has 1 fully saturated rings. The van der Waals surface area contributed by atoms with Crippen LogP contribution in [-0.2, 0) is 20.7 Å². The van der Waals surface area contributed by atoms with Crippen LogP contribution < -0.4 is 5.32 Å².